The van der Waals surface area contributed by atoms with Gasteiger partial charge < -0.3 is 15.2 Å². The normalized spacial score (nSPS) is 15.8. The van der Waals surface area contributed by atoms with E-state index in [0.29, 0.717) is 35.2 Å². The first kappa shape index (κ1) is 22.9. The Morgan fingerprint density at radius 2 is 1.76 bits per heavy atom. The van der Waals surface area contributed by atoms with Crippen LogP contribution in [-0.2, 0) is 30.2 Å². The van der Waals surface area contributed by atoms with Gasteiger partial charge in [0.1, 0.15) is 0 Å². The topological polar surface area (TPSA) is 90.4 Å². The first-order chi connectivity index (χ1) is 15.6. The average Bonchev–Trinajstić information content (AvgIpc) is 3.12. The Hall–Kier alpha value is -3.26. The molecule has 0 fully saturated rings. The number of carboxylic acid groups (broad SMARTS) is 2. The number of carboxylic acids is 2. The maximum Gasteiger partial charge on any atom is 0.416 e. The molecule has 172 valence electrons. The summed E-state index contributed by atoms with van der Waals surface area (Å²) in [5.41, 5.74) is 2.27. The van der Waals surface area contributed by atoms with Crippen molar-refractivity contribution in [3.63, 3.8) is 0 Å². The molecule has 1 atom stereocenters. The smallest absolute Gasteiger partial charge is 0.416 e. The van der Waals surface area contributed by atoms with Crippen molar-refractivity contribution in [2.75, 3.05) is 0 Å². The zero-order valence-corrected chi connectivity index (χ0v) is 17.9. The van der Waals surface area contributed by atoms with Gasteiger partial charge in [0.2, 0.25) is 0 Å². The maximum atomic E-state index is 13.7. The molecule has 0 radical (unpaired) electrons. The molecule has 0 amide bonds. The van der Waals surface area contributed by atoms with Crippen LogP contribution in [-0.4, -0.2) is 27.1 Å². The van der Waals surface area contributed by atoms with E-state index in [1.807, 2.05) is 0 Å². The lowest BCUT2D eigenvalue weighted by atomic mass is 9.83. The van der Waals surface area contributed by atoms with Crippen LogP contribution in [0.2, 0.25) is 5.02 Å². The molecule has 3 aromatic rings. The number of hydrogen-bond donors (Lipinski definition) is 3. The van der Waals surface area contributed by atoms with Gasteiger partial charge in [0, 0.05) is 22.8 Å². The molecule has 0 saturated carbocycles. The lowest BCUT2D eigenvalue weighted by Crippen LogP contribution is -2.22. The van der Waals surface area contributed by atoms with Crippen LogP contribution in [0.15, 0.2) is 42.5 Å². The monoisotopic (exact) mass is 477 g/mol. The molecule has 0 saturated heterocycles. The van der Waals surface area contributed by atoms with Crippen LogP contribution < -0.4 is 0 Å². The second-order valence-electron chi connectivity index (χ2n) is 8.04. The van der Waals surface area contributed by atoms with Crippen molar-refractivity contribution < 1.29 is 33.0 Å². The molecule has 1 heterocycles. The van der Waals surface area contributed by atoms with Crippen molar-refractivity contribution in [2.24, 2.45) is 5.92 Å². The van der Waals surface area contributed by atoms with Gasteiger partial charge in [-0.1, -0.05) is 29.8 Å². The molecular formula is C24H19ClF3NO4. The highest BCUT2D eigenvalue weighted by Gasteiger charge is 2.36. The van der Waals surface area contributed by atoms with E-state index in [9.17, 15) is 27.9 Å². The molecule has 9 heteroatoms. The summed E-state index contributed by atoms with van der Waals surface area (Å²) in [6.07, 6.45) is -3.71. The molecule has 5 nitrogen and oxygen atoms in total. The minimum atomic E-state index is -4.61. The molecule has 1 aliphatic rings. The van der Waals surface area contributed by atoms with Crippen LogP contribution in [0, 0.1) is 5.92 Å². The highest BCUT2D eigenvalue weighted by atomic mass is 35.5. The Kier molecular flexibility index (Phi) is 5.97. The van der Waals surface area contributed by atoms with Gasteiger partial charge >= 0.3 is 18.1 Å². The Morgan fingerprint density at radius 1 is 1.06 bits per heavy atom. The summed E-state index contributed by atoms with van der Waals surface area (Å²) in [6.45, 7) is 0. The van der Waals surface area contributed by atoms with Gasteiger partial charge in [0.15, 0.2) is 0 Å². The van der Waals surface area contributed by atoms with Gasteiger partial charge in [-0.2, -0.15) is 13.2 Å². The van der Waals surface area contributed by atoms with Gasteiger partial charge in [-0.05, 0) is 65.8 Å². The van der Waals surface area contributed by atoms with Crippen LogP contribution in [0.4, 0.5) is 13.2 Å². The second-order valence-corrected chi connectivity index (χ2v) is 8.44. The number of aryl methyl sites for hydroxylation is 1. The Morgan fingerprint density at radius 3 is 2.36 bits per heavy atom. The van der Waals surface area contributed by atoms with Crippen LogP contribution in [0.3, 0.4) is 0 Å². The molecule has 0 aliphatic heterocycles. The van der Waals surface area contributed by atoms with Crippen LogP contribution in [0.5, 0.6) is 0 Å². The van der Waals surface area contributed by atoms with E-state index in [0.717, 1.165) is 11.8 Å². The predicted molar refractivity (Wildman–Crippen MR) is 116 cm³/mol. The Labute approximate surface area is 191 Å². The molecule has 4 rings (SSSR count). The lowest BCUT2D eigenvalue weighted by molar-refractivity contribution is -0.142. The number of aromatic nitrogens is 1. The zero-order chi connectivity index (χ0) is 23.9. The molecule has 1 aromatic heterocycles. The molecule has 33 heavy (non-hydrogen) atoms. The number of fused-ring (bicyclic) bond motifs is 1. The van der Waals surface area contributed by atoms with E-state index in [2.05, 4.69) is 4.98 Å². The van der Waals surface area contributed by atoms with Gasteiger partial charge in [0.05, 0.1) is 17.0 Å². The van der Waals surface area contributed by atoms with Crippen LogP contribution in [0.25, 0.3) is 11.3 Å². The third-order valence-corrected chi connectivity index (χ3v) is 6.40. The number of carbonyl (C=O) groups is 2. The van der Waals surface area contributed by atoms with Gasteiger partial charge in [-0.15, -0.1) is 0 Å². The fraction of sp³-hybridized carbons (Fsp3) is 0.250. The van der Waals surface area contributed by atoms with E-state index in [1.54, 1.807) is 12.1 Å². The number of aliphatic carboxylic acids is 1. The highest BCUT2D eigenvalue weighted by molar-refractivity contribution is 6.31. The number of rotatable bonds is 5. The van der Waals surface area contributed by atoms with Crippen molar-refractivity contribution in [3.05, 3.63) is 81.0 Å². The lowest BCUT2D eigenvalue weighted by Gasteiger charge is -2.21. The summed E-state index contributed by atoms with van der Waals surface area (Å²) in [5, 5.41) is 18.6. The third kappa shape index (κ3) is 4.48. The van der Waals surface area contributed by atoms with Crippen molar-refractivity contribution >= 4 is 23.5 Å². The largest absolute Gasteiger partial charge is 0.481 e. The number of hydrogen-bond acceptors (Lipinski definition) is 2. The number of nitrogens with one attached hydrogen (secondary N) is 1. The van der Waals surface area contributed by atoms with E-state index < -0.39 is 29.6 Å². The Bertz CT molecular complexity index is 1230. The first-order valence-electron chi connectivity index (χ1n) is 10.2. The van der Waals surface area contributed by atoms with E-state index >= 15 is 0 Å². The van der Waals surface area contributed by atoms with E-state index in [-0.39, 0.29) is 29.0 Å². The summed E-state index contributed by atoms with van der Waals surface area (Å²) >= 11 is 6.20. The van der Waals surface area contributed by atoms with Crippen molar-refractivity contribution in [1.82, 2.24) is 4.98 Å². The molecule has 0 spiro atoms. The number of benzene rings is 2. The summed E-state index contributed by atoms with van der Waals surface area (Å²) in [6, 6.07) is 9.60. The van der Waals surface area contributed by atoms with Gasteiger partial charge in [-0.25, -0.2) is 4.79 Å². The summed E-state index contributed by atoms with van der Waals surface area (Å²) in [5.74, 6) is -2.68. The maximum absolute atomic E-state index is 13.7. The summed E-state index contributed by atoms with van der Waals surface area (Å²) in [7, 11) is 0. The fourth-order valence-electron chi connectivity index (χ4n) is 4.37. The molecule has 3 N–H and O–H groups in total. The SMILES string of the molecule is O=C(O)c1ccc(-c2[nH]c3c(c2Cc2c(Cl)cccc2C(F)(F)F)CC(C(=O)O)CC3)cc1. The standard InChI is InChI=1S/C24H19ClF3NO4/c25-19-3-1-2-18(24(26,27)28)17(19)11-16-15-10-14(23(32)33)8-9-20(15)29-21(16)12-4-6-13(7-5-12)22(30)31/h1-7,14,29H,8-11H2,(H,30,31)(H,32,33). The van der Waals surface area contributed by atoms with Gasteiger partial charge in [0.25, 0.3) is 0 Å². The summed E-state index contributed by atoms with van der Waals surface area (Å²) < 4.78 is 41.1. The van der Waals surface area contributed by atoms with Crippen LogP contribution >= 0.6 is 11.6 Å². The fourth-order valence-corrected chi connectivity index (χ4v) is 4.62. The molecule has 1 aliphatic carbocycles. The number of aromatic amines is 1. The van der Waals surface area contributed by atoms with E-state index in [4.69, 9.17) is 16.7 Å². The Balaban J connectivity index is 1.87. The minimum Gasteiger partial charge on any atom is -0.481 e. The average molecular weight is 478 g/mol. The number of aromatic carboxylic acids is 1. The third-order valence-electron chi connectivity index (χ3n) is 6.05. The molecule has 2 aromatic carbocycles. The second kappa shape index (κ2) is 8.59. The zero-order valence-electron chi connectivity index (χ0n) is 17.2. The van der Waals surface area contributed by atoms with Gasteiger partial charge in [-0.3, -0.25) is 4.79 Å². The van der Waals surface area contributed by atoms with Crippen molar-refractivity contribution in [3.8, 4) is 11.3 Å². The molecule has 1 unspecified atom stereocenters. The van der Waals surface area contributed by atoms with Crippen molar-refractivity contribution in [2.45, 2.75) is 31.9 Å². The quantitative estimate of drug-likeness (QED) is 0.431. The number of H-pyrrole nitrogens is 1. The molecular weight excluding hydrogens is 459 g/mol. The van der Waals surface area contributed by atoms with E-state index in [1.165, 1.54) is 24.3 Å². The number of halogens is 4. The molecule has 0 bridgehead atoms. The summed E-state index contributed by atoms with van der Waals surface area (Å²) in [4.78, 5) is 26.1. The minimum absolute atomic E-state index is 0.0301. The number of alkyl halides is 3. The highest BCUT2D eigenvalue weighted by Crippen LogP contribution is 2.40. The first-order valence-corrected chi connectivity index (χ1v) is 10.6. The van der Waals surface area contributed by atoms with Crippen LogP contribution in [0.1, 0.15) is 44.7 Å². The van der Waals surface area contributed by atoms with Crippen molar-refractivity contribution in [1.29, 1.82) is 0 Å². The predicted octanol–water partition coefficient (Wildman–Crippen LogP) is 5.83.